The van der Waals surface area contributed by atoms with Gasteiger partial charge in [-0.15, -0.1) is 0 Å². The number of carbonyl (C=O) groups excluding carboxylic acids is 1. The van der Waals surface area contributed by atoms with Crippen LogP contribution in [0.25, 0.3) is 11.1 Å². The van der Waals surface area contributed by atoms with Crippen molar-refractivity contribution in [2.75, 3.05) is 13.2 Å². The Balaban J connectivity index is 1.72. The predicted octanol–water partition coefficient (Wildman–Crippen LogP) is 3.33. The average molecular weight is 268 g/mol. The first-order valence-corrected chi connectivity index (χ1v) is 6.75. The molecular formula is C17H16O3. The van der Waals surface area contributed by atoms with Gasteiger partial charge in [0, 0.05) is 12.0 Å². The van der Waals surface area contributed by atoms with Crippen LogP contribution in [-0.2, 0) is 4.74 Å². The molecule has 0 saturated carbocycles. The molecule has 102 valence electrons. The molecule has 1 saturated heterocycles. The SMILES string of the molecule is O=Cc1ccc(-c2ccc(O[C@H]3CCOC3)cc2)cc1. The second kappa shape index (κ2) is 5.88. The van der Waals surface area contributed by atoms with Crippen molar-refractivity contribution in [1.29, 1.82) is 0 Å². The molecule has 0 aromatic heterocycles. The van der Waals surface area contributed by atoms with Crippen LogP contribution in [0.15, 0.2) is 48.5 Å². The number of benzene rings is 2. The fourth-order valence-electron chi connectivity index (χ4n) is 2.28. The molecule has 2 aromatic carbocycles. The van der Waals surface area contributed by atoms with Gasteiger partial charge in [-0.1, -0.05) is 36.4 Å². The minimum absolute atomic E-state index is 0.174. The lowest BCUT2D eigenvalue weighted by Crippen LogP contribution is -2.15. The van der Waals surface area contributed by atoms with Gasteiger partial charge in [0.2, 0.25) is 0 Å². The van der Waals surface area contributed by atoms with Crippen LogP contribution in [0, 0.1) is 0 Å². The number of ether oxygens (including phenoxy) is 2. The molecule has 2 aromatic rings. The zero-order chi connectivity index (χ0) is 13.8. The second-order valence-corrected chi connectivity index (χ2v) is 4.87. The minimum atomic E-state index is 0.174. The Morgan fingerprint density at radius 3 is 2.20 bits per heavy atom. The topological polar surface area (TPSA) is 35.5 Å². The third-order valence-electron chi connectivity index (χ3n) is 3.43. The van der Waals surface area contributed by atoms with Crippen LogP contribution in [0.5, 0.6) is 5.75 Å². The summed E-state index contributed by atoms with van der Waals surface area (Å²) in [4.78, 5) is 10.6. The van der Waals surface area contributed by atoms with Crippen LogP contribution in [0.2, 0.25) is 0 Å². The Kier molecular flexibility index (Phi) is 3.79. The van der Waals surface area contributed by atoms with E-state index in [1.165, 1.54) is 0 Å². The van der Waals surface area contributed by atoms with Gasteiger partial charge in [0.15, 0.2) is 0 Å². The highest BCUT2D eigenvalue weighted by Crippen LogP contribution is 2.24. The molecule has 1 aliphatic rings. The Morgan fingerprint density at radius 2 is 1.65 bits per heavy atom. The van der Waals surface area contributed by atoms with E-state index in [9.17, 15) is 4.79 Å². The highest BCUT2D eigenvalue weighted by atomic mass is 16.5. The van der Waals surface area contributed by atoms with Crippen molar-refractivity contribution in [3.63, 3.8) is 0 Å². The van der Waals surface area contributed by atoms with Gasteiger partial charge >= 0.3 is 0 Å². The second-order valence-electron chi connectivity index (χ2n) is 4.87. The van der Waals surface area contributed by atoms with E-state index in [4.69, 9.17) is 9.47 Å². The molecule has 3 nitrogen and oxygen atoms in total. The van der Waals surface area contributed by atoms with Gasteiger partial charge in [0.05, 0.1) is 13.2 Å². The number of carbonyl (C=O) groups is 1. The highest BCUT2D eigenvalue weighted by molar-refractivity contribution is 5.76. The summed E-state index contributed by atoms with van der Waals surface area (Å²) in [5.74, 6) is 0.869. The molecule has 1 aliphatic heterocycles. The van der Waals surface area contributed by atoms with Crippen LogP contribution in [0.3, 0.4) is 0 Å². The van der Waals surface area contributed by atoms with Crippen molar-refractivity contribution >= 4 is 6.29 Å². The Bertz CT molecular complexity index is 566. The molecular weight excluding hydrogens is 252 g/mol. The number of hydrogen-bond acceptors (Lipinski definition) is 3. The fraction of sp³-hybridized carbons (Fsp3) is 0.235. The third-order valence-corrected chi connectivity index (χ3v) is 3.43. The third kappa shape index (κ3) is 2.89. The average Bonchev–Trinajstić information content (AvgIpc) is 3.01. The molecule has 1 heterocycles. The summed E-state index contributed by atoms with van der Waals surface area (Å²) < 4.78 is 11.1. The molecule has 0 amide bonds. The van der Waals surface area contributed by atoms with Crippen LogP contribution >= 0.6 is 0 Å². The molecule has 0 radical (unpaired) electrons. The first kappa shape index (κ1) is 12.9. The number of aldehydes is 1. The Hall–Kier alpha value is -2.13. The lowest BCUT2D eigenvalue weighted by Gasteiger charge is -2.12. The van der Waals surface area contributed by atoms with Gasteiger partial charge in [-0.25, -0.2) is 0 Å². The van der Waals surface area contributed by atoms with Crippen molar-refractivity contribution in [3.8, 4) is 16.9 Å². The number of hydrogen-bond donors (Lipinski definition) is 0. The van der Waals surface area contributed by atoms with Crippen molar-refractivity contribution < 1.29 is 14.3 Å². The van der Waals surface area contributed by atoms with E-state index in [1.54, 1.807) is 0 Å². The normalized spacial score (nSPS) is 17.9. The van der Waals surface area contributed by atoms with E-state index in [1.807, 2.05) is 48.5 Å². The van der Waals surface area contributed by atoms with Gasteiger partial charge in [-0.3, -0.25) is 4.79 Å². The Labute approximate surface area is 118 Å². The van der Waals surface area contributed by atoms with Crippen LogP contribution in [-0.4, -0.2) is 25.6 Å². The molecule has 1 atom stereocenters. The van der Waals surface area contributed by atoms with Crippen molar-refractivity contribution in [3.05, 3.63) is 54.1 Å². The zero-order valence-electron chi connectivity index (χ0n) is 11.1. The van der Waals surface area contributed by atoms with E-state index in [0.29, 0.717) is 12.2 Å². The summed E-state index contributed by atoms with van der Waals surface area (Å²) in [7, 11) is 0. The summed E-state index contributed by atoms with van der Waals surface area (Å²) in [5.41, 5.74) is 2.89. The molecule has 0 spiro atoms. The zero-order valence-corrected chi connectivity index (χ0v) is 11.1. The van der Waals surface area contributed by atoms with E-state index < -0.39 is 0 Å². The standard InChI is InChI=1S/C17H16O3/c18-11-13-1-3-14(4-2-13)15-5-7-16(8-6-15)20-17-9-10-19-12-17/h1-8,11,17H,9-10,12H2/t17-/m0/s1. The lowest BCUT2D eigenvalue weighted by molar-refractivity contribution is 0.112. The van der Waals surface area contributed by atoms with Gasteiger partial charge < -0.3 is 9.47 Å². The maximum absolute atomic E-state index is 10.6. The first-order valence-electron chi connectivity index (χ1n) is 6.75. The molecule has 0 bridgehead atoms. The molecule has 1 fully saturated rings. The minimum Gasteiger partial charge on any atom is -0.488 e. The summed E-state index contributed by atoms with van der Waals surface area (Å²) >= 11 is 0. The smallest absolute Gasteiger partial charge is 0.150 e. The Morgan fingerprint density at radius 1 is 1.00 bits per heavy atom. The first-order chi connectivity index (χ1) is 9.85. The molecule has 3 heteroatoms. The molecule has 3 rings (SSSR count). The molecule has 0 N–H and O–H groups in total. The van der Waals surface area contributed by atoms with Gasteiger partial charge in [0.1, 0.15) is 18.1 Å². The summed E-state index contributed by atoms with van der Waals surface area (Å²) in [6.07, 6.45) is 1.98. The summed E-state index contributed by atoms with van der Waals surface area (Å²) in [6, 6.07) is 15.5. The van der Waals surface area contributed by atoms with Crippen LogP contribution < -0.4 is 4.74 Å². The maximum Gasteiger partial charge on any atom is 0.150 e. The predicted molar refractivity (Wildman–Crippen MR) is 77.1 cm³/mol. The van der Waals surface area contributed by atoms with E-state index in [-0.39, 0.29) is 6.10 Å². The summed E-state index contributed by atoms with van der Waals surface area (Å²) in [6.45, 7) is 1.46. The molecule has 0 unspecified atom stereocenters. The number of rotatable bonds is 4. The van der Waals surface area contributed by atoms with E-state index in [2.05, 4.69) is 0 Å². The quantitative estimate of drug-likeness (QED) is 0.798. The molecule has 20 heavy (non-hydrogen) atoms. The maximum atomic E-state index is 10.6. The lowest BCUT2D eigenvalue weighted by atomic mass is 10.0. The highest BCUT2D eigenvalue weighted by Gasteiger charge is 2.16. The van der Waals surface area contributed by atoms with Crippen LogP contribution in [0.1, 0.15) is 16.8 Å². The van der Waals surface area contributed by atoms with Crippen molar-refractivity contribution in [2.45, 2.75) is 12.5 Å². The molecule has 0 aliphatic carbocycles. The fourth-order valence-corrected chi connectivity index (χ4v) is 2.28. The van der Waals surface area contributed by atoms with Gasteiger partial charge in [0.25, 0.3) is 0 Å². The summed E-state index contributed by atoms with van der Waals surface area (Å²) in [5, 5.41) is 0. The largest absolute Gasteiger partial charge is 0.488 e. The van der Waals surface area contributed by atoms with Gasteiger partial charge in [-0.05, 0) is 23.3 Å². The van der Waals surface area contributed by atoms with E-state index in [0.717, 1.165) is 36.2 Å². The van der Waals surface area contributed by atoms with Gasteiger partial charge in [-0.2, -0.15) is 0 Å². The monoisotopic (exact) mass is 268 g/mol. The van der Waals surface area contributed by atoms with Crippen LogP contribution in [0.4, 0.5) is 0 Å². The van der Waals surface area contributed by atoms with Crippen molar-refractivity contribution in [2.24, 2.45) is 0 Å². The van der Waals surface area contributed by atoms with E-state index >= 15 is 0 Å². The van der Waals surface area contributed by atoms with Crippen molar-refractivity contribution in [1.82, 2.24) is 0 Å².